The minimum atomic E-state index is -3.81. The zero-order valence-electron chi connectivity index (χ0n) is 10.9. The van der Waals surface area contributed by atoms with Crippen LogP contribution in [0.25, 0.3) is 0 Å². The number of aromatic nitrogens is 1. The van der Waals surface area contributed by atoms with Crippen molar-refractivity contribution < 1.29 is 16.8 Å². The zero-order chi connectivity index (χ0) is 15.1. The molecule has 0 aliphatic rings. The maximum absolute atomic E-state index is 12.0. The van der Waals surface area contributed by atoms with Crippen LogP contribution in [0.4, 0.5) is 0 Å². The largest absolute Gasteiger partial charge is 0.252 e. The number of aryl methyl sites for hydroxylation is 1. The highest BCUT2D eigenvalue weighted by Crippen LogP contribution is 2.27. The quantitative estimate of drug-likeness (QED) is 0.864. The molecule has 1 heterocycles. The van der Waals surface area contributed by atoms with Crippen molar-refractivity contribution >= 4 is 42.8 Å². The Morgan fingerprint density at radius 3 is 2.21 bits per heavy atom. The van der Waals surface area contributed by atoms with Crippen LogP contribution in [0.1, 0.15) is 19.5 Å². The summed E-state index contributed by atoms with van der Waals surface area (Å²) in [5.41, 5.74) is 0.291. The fourth-order valence-corrected chi connectivity index (χ4v) is 4.48. The van der Waals surface area contributed by atoms with Crippen molar-refractivity contribution in [2.45, 2.75) is 29.7 Å². The number of hydrogen-bond acceptors (Lipinski definition) is 6. The molecule has 0 bridgehead atoms. The molecule has 0 radical (unpaired) electrons. The van der Waals surface area contributed by atoms with E-state index in [0.717, 1.165) is 17.6 Å². The summed E-state index contributed by atoms with van der Waals surface area (Å²) in [6, 6.07) is 0. The number of nitrogens with zero attached hydrogens (tertiary/aromatic N) is 1. The second-order valence-corrected chi connectivity index (χ2v) is 10.9. The highest BCUT2D eigenvalue weighted by Gasteiger charge is 2.32. The number of halogens is 1. The number of thiazole rings is 1. The Hall–Kier alpha value is -0.220. The molecule has 0 fully saturated rings. The molecule has 0 aromatic carbocycles. The molecule has 0 saturated heterocycles. The van der Waals surface area contributed by atoms with Crippen LogP contribution in [0.3, 0.4) is 0 Å². The summed E-state index contributed by atoms with van der Waals surface area (Å²) in [5.74, 6) is 0. The first-order valence-corrected chi connectivity index (χ1v) is 9.76. The monoisotopic (exact) mass is 346 g/mol. The first kappa shape index (κ1) is 16.8. The van der Waals surface area contributed by atoms with Crippen molar-refractivity contribution in [3.63, 3.8) is 0 Å². The molecule has 1 aromatic heterocycles. The van der Waals surface area contributed by atoms with Gasteiger partial charge in [-0.25, -0.2) is 26.5 Å². The van der Waals surface area contributed by atoms with Gasteiger partial charge in [0.2, 0.25) is 0 Å². The summed E-state index contributed by atoms with van der Waals surface area (Å²) < 4.78 is 48.3. The first-order chi connectivity index (χ1) is 8.37. The molecular weight excluding hydrogens is 332 g/mol. The maximum Gasteiger partial charge on any atom is 0.252 e. The molecule has 10 heteroatoms. The first-order valence-electron chi connectivity index (χ1n) is 5.19. The second kappa shape index (κ2) is 5.28. The van der Waals surface area contributed by atoms with E-state index in [1.807, 2.05) is 0 Å². The van der Waals surface area contributed by atoms with Gasteiger partial charge < -0.3 is 0 Å². The van der Waals surface area contributed by atoms with Crippen molar-refractivity contribution in [1.29, 1.82) is 0 Å². The van der Waals surface area contributed by atoms with E-state index in [1.54, 1.807) is 0 Å². The predicted molar refractivity (Wildman–Crippen MR) is 76.0 cm³/mol. The highest BCUT2D eigenvalue weighted by atomic mass is 35.5. The molecule has 0 aliphatic carbocycles. The molecular formula is C9H15ClN2O4S3. The molecule has 1 N–H and O–H groups in total. The van der Waals surface area contributed by atoms with E-state index in [-0.39, 0.29) is 15.2 Å². The van der Waals surface area contributed by atoms with Crippen molar-refractivity contribution in [2.75, 3.05) is 12.8 Å². The molecule has 0 saturated carbocycles. The van der Waals surface area contributed by atoms with Gasteiger partial charge in [0.15, 0.2) is 18.5 Å². The SMILES string of the molecule is Cc1nc(Cl)sc1S(=O)(=O)NCC(C)(C)S(C)(=O)=O. The Kier molecular flexibility index (Phi) is 4.68. The molecule has 0 amide bonds. The minimum Gasteiger partial charge on any atom is -0.229 e. The highest BCUT2D eigenvalue weighted by molar-refractivity contribution is 7.92. The van der Waals surface area contributed by atoms with Crippen LogP contribution in [0.15, 0.2) is 4.21 Å². The van der Waals surface area contributed by atoms with Crippen molar-refractivity contribution in [3.8, 4) is 0 Å². The van der Waals surface area contributed by atoms with Crippen LogP contribution in [0, 0.1) is 6.92 Å². The van der Waals surface area contributed by atoms with Gasteiger partial charge in [0, 0.05) is 12.8 Å². The molecule has 0 unspecified atom stereocenters. The molecule has 0 aliphatic heterocycles. The van der Waals surface area contributed by atoms with E-state index in [4.69, 9.17) is 11.6 Å². The van der Waals surface area contributed by atoms with Crippen LogP contribution in [0.2, 0.25) is 4.47 Å². The van der Waals surface area contributed by atoms with Gasteiger partial charge in [0.1, 0.15) is 0 Å². The summed E-state index contributed by atoms with van der Waals surface area (Å²) in [6.45, 7) is 4.22. The molecule has 0 atom stereocenters. The number of hydrogen-bond donors (Lipinski definition) is 1. The topological polar surface area (TPSA) is 93.2 Å². The van der Waals surface area contributed by atoms with Crippen LogP contribution >= 0.6 is 22.9 Å². The summed E-state index contributed by atoms with van der Waals surface area (Å²) in [6.07, 6.45) is 1.07. The van der Waals surface area contributed by atoms with Gasteiger partial charge in [0.25, 0.3) is 10.0 Å². The van der Waals surface area contributed by atoms with Crippen molar-refractivity contribution in [2.24, 2.45) is 0 Å². The van der Waals surface area contributed by atoms with Crippen LogP contribution in [-0.2, 0) is 19.9 Å². The fourth-order valence-electron chi connectivity index (χ4n) is 1.07. The zero-order valence-corrected chi connectivity index (χ0v) is 14.1. The normalized spacial score (nSPS) is 13.7. The summed E-state index contributed by atoms with van der Waals surface area (Å²) >= 11 is 6.49. The van der Waals surface area contributed by atoms with Gasteiger partial charge in [-0.05, 0) is 20.8 Å². The molecule has 0 spiro atoms. The third-order valence-corrected chi connectivity index (χ3v) is 8.09. The van der Waals surface area contributed by atoms with Crippen LogP contribution in [-0.4, -0.2) is 39.4 Å². The van der Waals surface area contributed by atoms with E-state index < -0.39 is 24.6 Å². The lowest BCUT2D eigenvalue weighted by Crippen LogP contribution is -2.43. The Bertz CT molecular complexity index is 676. The lowest BCUT2D eigenvalue weighted by Gasteiger charge is -2.22. The van der Waals surface area contributed by atoms with Gasteiger partial charge in [-0.15, -0.1) is 0 Å². The molecule has 6 nitrogen and oxygen atoms in total. The summed E-state index contributed by atoms with van der Waals surface area (Å²) in [5, 5.41) is 0. The summed E-state index contributed by atoms with van der Waals surface area (Å²) in [7, 11) is -7.18. The average Bonchev–Trinajstić information content (AvgIpc) is 2.54. The maximum atomic E-state index is 12.0. The van der Waals surface area contributed by atoms with Crippen LogP contribution < -0.4 is 4.72 Å². The van der Waals surface area contributed by atoms with Crippen LogP contribution in [0.5, 0.6) is 0 Å². The fraction of sp³-hybridized carbons (Fsp3) is 0.667. The molecule has 1 aromatic rings. The van der Waals surface area contributed by atoms with E-state index >= 15 is 0 Å². The Morgan fingerprint density at radius 1 is 1.32 bits per heavy atom. The Labute approximate surface area is 122 Å². The third-order valence-electron chi connectivity index (χ3n) is 2.66. The second-order valence-electron chi connectivity index (χ2n) is 4.70. The van der Waals surface area contributed by atoms with Gasteiger partial charge in [-0.3, -0.25) is 0 Å². The average molecular weight is 347 g/mol. The molecule has 19 heavy (non-hydrogen) atoms. The third kappa shape index (κ3) is 3.88. The number of sulfonamides is 1. The number of nitrogens with one attached hydrogen (secondary N) is 1. The Morgan fingerprint density at radius 2 is 1.84 bits per heavy atom. The van der Waals surface area contributed by atoms with E-state index in [2.05, 4.69) is 9.71 Å². The standard InChI is InChI=1S/C9H15ClN2O4S3/c1-6-7(17-8(10)12-6)19(15,16)11-5-9(2,3)18(4,13)14/h11H,5H2,1-4H3. The van der Waals surface area contributed by atoms with Gasteiger partial charge >= 0.3 is 0 Å². The van der Waals surface area contributed by atoms with Crippen molar-refractivity contribution in [1.82, 2.24) is 9.71 Å². The Balaban J connectivity index is 2.98. The summed E-state index contributed by atoms with van der Waals surface area (Å²) in [4.78, 5) is 3.82. The molecule has 110 valence electrons. The smallest absolute Gasteiger partial charge is 0.229 e. The molecule has 1 rings (SSSR count). The van der Waals surface area contributed by atoms with Crippen molar-refractivity contribution in [3.05, 3.63) is 10.2 Å². The minimum absolute atomic E-state index is 0.00167. The number of sulfone groups is 1. The number of rotatable bonds is 5. The van der Waals surface area contributed by atoms with Gasteiger partial charge in [-0.1, -0.05) is 22.9 Å². The lowest BCUT2D eigenvalue weighted by atomic mass is 10.2. The lowest BCUT2D eigenvalue weighted by molar-refractivity contribution is 0.537. The van der Waals surface area contributed by atoms with E-state index in [0.29, 0.717) is 5.69 Å². The van der Waals surface area contributed by atoms with E-state index in [9.17, 15) is 16.8 Å². The van der Waals surface area contributed by atoms with E-state index in [1.165, 1.54) is 20.8 Å². The predicted octanol–water partition coefficient (Wildman–Crippen LogP) is 1.21. The van der Waals surface area contributed by atoms with Gasteiger partial charge in [0.05, 0.1) is 10.4 Å². The van der Waals surface area contributed by atoms with Gasteiger partial charge in [-0.2, -0.15) is 0 Å².